The van der Waals surface area contributed by atoms with E-state index in [1.165, 1.54) is 0 Å². The average molecular weight is 906 g/mol. The van der Waals surface area contributed by atoms with Gasteiger partial charge in [-0.2, -0.15) is 0 Å². The van der Waals surface area contributed by atoms with E-state index in [0.717, 1.165) is 55.8 Å². The van der Waals surface area contributed by atoms with Crippen LogP contribution in [0.5, 0.6) is 5.75 Å². The number of aryl methyl sites for hydroxylation is 1. The van der Waals surface area contributed by atoms with Crippen LogP contribution in [0.1, 0.15) is 169 Å². The van der Waals surface area contributed by atoms with Gasteiger partial charge in [-0.25, -0.2) is 4.98 Å². The number of fused-ring (bicyclic) bond motifs is 1. The maximum Gasteiger partial charge on any atom is 0.149 e. The zero-order valence-corrected chi connectivity index (χ0v) is 42.9. The van der Waals surface area contributed by atoms with E-state index in [-0.39, 0.29) is 22.1 Å². The molecule has 0 bridgehead atoms. The zero-order valence-electron chi connectivity index (χ0n) is 48.9. The Balaban J connectivity index is 1.45. The number of benzene rings is 6. The van der Waals surface area contributed by atoms with Crippen LogP contribution in [0.4, 0.5) is 0 Å². The van der Waals surface area contributed by atoms with Crippen LogP contribution in [0.3, 0.4) is 0 Å². The van der Waals surface area contributed by atoms with Crippen molar-refractivity contribution < 1.29 is 13.3 Å². The molecule has 8 aromatic rings. The maximum absolute atomic E-state index is 12.6. The molecule has 1 N–H and O–H groups in total. The number of para-hydroxylation sites is 1. The van der Waals surface area contributed by atoms with E-state index in [1.807, 2.05) is 119 Å². The van der Waals surface area contributed by atoms with Crippen LogP contribution in [-0.2, 0) is 16.2 Å². The second-order valence-electron chi connectivity index (χ2n) is 22.4. The number of rotatable bonds is 9. The SMILES string of the molecule is [2H]C([2H])([2H])c1cc(-c2c(C([2H])(C)C)cccc2C([2H])(C)C)ccc1-n1c(-c2cc(C(C)(C)C)cc(C(C)(C)C)c2O)nc2c(-c3cc(-c4cc(-c5ccc(C([2H])(C)C)cc5)ccn4)cc(C(C)(C)C)c3)cccc21. The van der Waals surface area contributed by atoms with Gasteiger partial charge in [-0.05, 0) is 151 Å². The molecule has 8 rings (SSSR count). The van der Waals surface area contributed by atoms with E-state index in [9.17, 15) is 12.0 Å². The Bertz CT molecular complexity index is 3400. The topological polar surface area (TPSA) is 50.9 Å². The summed E-state index contributed by atoms with van der Waals surface area (Å²) in [6, 6.07) is 40.0. The lowest BCUT2D eigenvalue weighted by molar-refractivity contribution is 0.446. The summed E-state index contributed by atoms with van der Waals surface area (Å²) in [5.74, 6) is -2.37. The van der Waals surface area contributed by atoms with Crippen molar-refractivity contribution in [2.24, 2.45) is 0 Å². The minimum Gasteiger partial charge on any atom is -0.507 e. The van der Waals surface area contributed by atoms with Gasteiger partial charge in [0.1, 0.15) is 11.6 Å². The van der Waals surface area contributed by atoms with Gasteiger partial charge in [0.25, 0.3) is 0 Å². The molecule has 0 unspecified atom stereocenters. The molecule has 6 aromatic carbocycles. The molecule has 2 aromatic heterocycles. The van der Waals surface area contributed by atoms with Gasteiger partial charge in [-0.3, -0.25) is 9.55 Å². The van der Waals surface area contributed by atoms with Gasteiger partial charge in [0.05, 0.1) is 28.0 Å². The quantitative estimate of drug-likeness (QED) is 0.157. The Labute approximate surface area is 416 Å². The summed E-state index contributed by atoms with van der Waals surface area (Å²) in [6.07, 6.45) is 1.84. The van der Waals surface area contributed by atoms with E-state index in [1.54, 1.807) is 6.07 Å². The summed E-state index contributed by atoms with van der Waals surface area (Å²) in [4.78, 5) is 10.5. The first-order chi connectivity index (χ1) is 34.0. The molecule has 0 aliphatic carbocycles. The van der Waals surface area contributed by atoms with Crippen molar-refractivity contribution in [2.75, 3.05) is 0 Å². The third kappa shape index (κ3) is 9.32. The standard InChI is InChI=1S/C64H73N3O/c1-38(2)42-23-25-43(26-24-42)44-29-30-65-55(35-44)47-32-46(33-48(34-47)62(8,9)10)52-21-18-22-57-59(52)66-61(53-36-49(63(11,12)13)37-54(60(53)68)64(14,15)16)67(57)56-28-27-45(31-41(56)7)58-50(39(3)4)19-17-20-51(58)40(5)6/h17-40,68H,1-16H3/i7D3,38D,39D,40D. The van der Waals surface area contributed by atoms with Gasteiger partial charge in [0.2, 0.25) is 0 Å². The predicted octanol–water partition coefficient (Wildman–Crippen LogP) is 18.0. The van der Waals surface area contributed by atoms with Gasteiger partial charge in [0, 0.05) is 31.1 Å². The lowest BCUT2D eigenvalue weighted by atomic mass is 9.79. The summed E-state index contributed by atoms with van der Waals surface area (Å²) in [6.45, 7) is 27.6. The average Bonchev–Trinajstić information content (AvgIpc) is 3.68. The van der Waals surface area contributed by atoms with E-state index in [0.29, 0.717) is 50.4 Å². The number of phenolic OH excluding ortho intramolecular Hbond substituents is 1. The van der Waals surface area contributed by atoms with Crippen LogP contribution in [0.2, 0.25) is 0 Å². The van der Waals surface area contributed by atoms with Crippen molar-refractivity contribution in [1.29, 1.82) is 0 Å². The van der Waals surface area contributed by atoms with Crippen LogP contribution in [0.25, 0.3) is 72.7 Å². The van der Waals surface area contributed by atoms with E-state index in [4.69, 9.17) is 11.3 Å². The molecule has 0 atom stereocenters. The summed E-state index contributed by atoms with van der Waals surface area (Å²) in [5, 5.41) is 12.6. The number of phenols is 1. The number of nitrogens with zero attached hydrogens (tertiary/aromatic N) is 3. The molecule has 0 aliphatic rings. The van der Waals surface area contributed by atoms with Crippen molar-refractivity contribution in [3.8, 4) is 67.5 Å². The highest BCUT2D eigenvalue weighted by Gasteiger charge is 2.30. The summed E-state index contributed by atoms with van der Waals surface area (Å²) in [7, 11) is 0. The minimum absolute atomic E-state index is 0.0656. The first-order valence-electron chi connectivity index (χ1n) is 27.0. The third-order valence-electron chi connectivity index (χ3n) is 13.3. The Hall–Kier alpha value is -6.26. The van der Waals surface area contributed by atoms with E-state index in [2.05, 4.69) is 111 Å². The number of pyridine rings is 1. The second kappa shape index (κ2) is 18.0. The van der Waals surface area contributed by atoms with Crippen molar-refractivity contribution in [3.63, 3.8) is 0 Å². The molecule has 4 heteroatoms. The minimum atomic E-state index is -2.64. The Morgan fingerprint density at radius 2 is 1.18 bits per heavy atom. The normalized spacial score (nSPS) is 14.5. The molecule has 0 radical (unpaired) electrons. The fourth-order valence-corrected chi connectivity index (χ4v) is 9.28. The number of aromatic hydroxyl groups is 1. The van der Waals surface area contributed by atoms with Gasteiger partial charge >= 0.3 is 0 Å². The van der Waals surface area contributed by atoms with Crippen LogP contribution in [0.15, 0.2) is 128 Å². The monoisotopic (exact) mass is 906 g/mol. The van der Waals surface area contributed by atoms with Crippen LogP contribution < -0.4 is 0 Å². The van der Waals surface area contributed by atoms with Crippen LogP contribution in [0, 0.1) is 6.85 Å². The molecule has 0 saturated heterocycles. The fourth-order valence-electron chi connectivity index (χ4n) is 9.28. The molecule has 0 amide bonds. The summed E-state index contributed by atoms with van der Waals surface area (Å²) in [5.41, 5.74) is 13.1. The lowest BCUT2D eigenvalue weighted by Crippen LogP contribution is -2.17. The van der Waals surface area contributed by atoms with Crippen molar-refractivity contribution >= 4 is 11.0 Å². The smallest absolute Gasteiger partial charge is 0.149 e. The molecule has 0 spiro atoms. The second-order valence-corrected chi connectivity index (χ2v) is 22.4. The van der Waals surface area contributed by atoms with Crippen molar-refractivity contribution in [3.05, 3.63) is 166 Å². The van der Waals surface area contributed by atoms with Gasteiger partial charge in [-0.15, -0.1) is 0 Å². The van der Waals surface area contributed by atoms with Gasteiger partial charge < -0.3 is 5.11 Å². The molecule has 350 valence electrons. The Morgan fingerprint density at radius 1 is 0.559 bits per heavy atom. The lowest BCUT2D eigenvalue weighted by Gasteiger charge is -2.27. The molecule has 0 aliphatic heterocycles. The molecular formula is C64H73N3O. The third-order valence-corrected chi connectivity index (χ3v) is 13.3. The molecular weight excluding hydrogens is 827 g/mol. The van der Waals surface area contributed by atoms with E-state index < -0.39 is 29.9 Å². The van der Waals surface area contributed by atoms with Crippen LogP contribution >= 0.6 is 0 Å². The van der Waals surface area contributed by atoms with Crippen molar-refractivity contribution in [2.45, 2.75) is 145 Å². The summed E-state index contributed by atoms with van der Waals surface area (Å²) >= 11 is 0. The number of hydrogen-bond donors (Lipinski definition) is 1. The summed E-state index contributed by atoms with van der Waals surface area (Å²) < 4.78 is 56.5. The number of imidazole rings is 1. The van der Waals surface area contributed by atoms with Crippen LogP contribution in [-0.4, -0.2) is 19.6 Å². The first-order valence-corrected chi connectivity index (χ1v) is 24.0. The molecule has 68 heavy (non-hydrogen) atoms. The van der Waals surface area contributed by atoms with Gasteiger partial charge in [0.15, 0.2) is 0 Å². The Morgan fingerprint density at radius 3 is 1.78 bits per heavy atom. The predicted molar refractivity (Wildman–Crippen MR) is 291 cm³/mol. The molecule has 0 fully saturated rings. The highest BCUT2D eigenvalue weighted by atomic mass is 16.3. The van der Waals surface area contributed by atoms with Crippen molar-refractivity contribution in [1.82, 2.24) is 14.5 Å². The number of aromatic nitrogens is 3. The molecule has 2 heterocycles. The Kier molecular flexibility index (Phi) is 10.8. The largest absolute Gasteiger partial charge is 0.507 e. The fraction of sp³-hybridized carbons (Fsp3) is 0.344. The maximum atomic E-state index is 12.6. The number of hydrogen-bond acceptors (Lipinski definition) is 3. The zero-order chi connectivity index (χ0) is 54.5. The first kappa shape index (κ1) is 40.8. The highest BCUT2D eigenvalue weighted by molar-refractivity contribution is 5.97. The van der Waals surface area contributed by atoms with E-state index >= 15 is 0 Å². The highest BCUT2D eigenvalue weighted by Crippen LogP contribution is 2.46. The molecule has 4 nitrogen and oxygen atoms in total. The van der Waals surface area contributed by atoms with Gasteiger partial charge in [-0.1, -0.05) is 177 Å². The molecule has 0 saturated carbocycles.